The predicted molar refractivity (Wildman–Crippen MR) is 111 cm³/mol. The molecular formula is C21H29N5O2. The molecule has 1 aromatic heterocycles. The van der Waals surface area contributed by atoms with E-state index in [2.05, 4.69) is 25.5 Å². The van der Waals surface area contributed by atoms with E-state index in [4.69, 9.17) is 4.74 Å². The molecule has 2 aromatic rings. The molecule has 2 heterocycles. The van der Waals surface area contributed by atoms with Crippen molar-refractivity contribution in [3.8, 4) is 5.88 Å². The number of amides is 2. The predicted octanol–water partition coefficient (Wildman–Crippen LogP) is 3.61. The Kier molecular flexibility index (Phi) is 6.68. The lowest BCUT2D eigenvalue weighted by atomic mass is 9.98. The number of carbonyl (C=O) groups is 1. The Bertz CT molecular complexity index is 779. The van der Waals surface area contributed by atoms with E-state index in [1.807, 2.05) is 45.0 Å². The fraction of sp³-hybridized carbons (Fsp3) is 0.476. The first-order valence-corrected chi connectivity index (χ1v) is 9.85. The zero-order chi connectivity index (χ0) is 19.9. The Morgan fingerprint density at radius 1 is 1.25 bits per heavy atom. The highest BCUT2D eigenvalue weighted by atomic mass is 16.5. The van der Waals surface area contributed by atoms with Crippen LogP contribution >= 0.6 is 0 Å². The first-order valence-electron chi connectivity index (χ1n) is 9.85. The van der Waals surface area contributed by atoms with Crippen LogP contribution in [0.25, 0.3) is 0 Å². The van der Waals surface area contributed by atoms with Gasteiger partial charge in [0.05, 0.1) is 6.10 Å². The summed E-state index contributed by atoms with van der Waals surface area (Å²) >= 11 is 0. The molecule has 3 rings (SSSR count). The van der Waals surface area contributed by atoms with Crippen LogP contribution in [0.1, 0.15) is 32.3 Å². The maximum Gasteiger partial charge on any atom is 0.319 e. The van der Waals surface area contributed by atoms with Crippen LogP contribution in [0, 0.1) is 12.8 Å². The minimum atomic E-state index is -0.177. The normalized spacial score (nSPS) is 16.7. The van der Waals surface area contributed by atoms with Gasteiger partial charge in [-0.15, -0.1) is 0 Å². The summed E-state index contributed by atoms with van der Waals surface area (Å²) in [4.78, 5) is 23.2. The average Bonchev–Trinajstić information content (AvgIpc) is 2.68. The molecule has 1 saturated heterocycles. The number of anilines is 2. The molecule has 1 atom stereocenters. The molecule has 0 bridgehead atoms. The van der Waals surface area contributed by atoms with E-state index in [0.29, 0.717) is 18.3 Å². The Morgan fingerprint density at radius 3 is 2.75 bits per heavy atom. The van der Waals surface area contributed by atoms with Crippen LogP contribution in [0.4, 0.5) is 16.3 Å². The lowest BCUT2D eigenvalue weighted by Gasteiger charge is -2.34. The van der Waals surface area contributed by atoms with E-state index >= 15 is 0 Å². The van der Waals surface area contributed by atoms with Gasteiger partial charge < -0.3 is 20.3 Å². The number of nitrogens with zero attached hydrogens (tertiary/aromatic N) is 3. The summed E-state index contributed by atoms with van der Waals surface area (Å²) in [6.45, 7) is 8.33. The molecule has 150 valence electrons. The summed E-state index contributed by atoms with van der Waals surface area (Å²) in [7, 11) is 0. The van der Waals surface area contributed by atoms with E-state index in [1.54, 1.807) is 12.4 Å². The second-order valence-electron chi connectivity index (χ2n) is 7.51. The number of hydrogen-bond donors (Lipinski definition) is 2. The summed E-state index contributed by atoms with van der Waals surface area (Å²) in [5, 5.41) is 5.87. The number of nitrogens with one attached hydrogen (secondary N) is 2. The largest absolute Gasteiger partial charge is 0.472 e. The van der Waals surface area contributed by atoms with Crippen LogP contribution in [0.5, 0.6) is 5.88 Å². The van der Waals surface area contributed by atoms with Crippen LogP contribution in [0.2, 0.25) is 0 Å². The van der Waals surface area contributed by atoms with Crippen molar-refractivity contribution >= 4 is 17.5 Å². The monoisotopic (exact) mass is 383 g/mol. The number of aryl methyl sites for hydroxylation is 1. The van der Waals surface area contributed by atoms with Gasteiger partial charge in [-0.2, -0.15) is 0 Å². The summed E-state index contributed by atoms with van der Waals surface area (Å²) in [6, 6.07) is 7.59. The van der Waals surface area contributed by atoms with Crippen molar-refractivity contribution in [2.75, 3.05) is 29.9 Å². The third-order valence-corrected chi connectivity index (χ3v) is 4.67. The SMILES string of the molecule is Cc1ccc(NC(=O)NCC2CCCN(c3nccnc3OC(C)C)C2)cc1. The first-order chi connectivity index (χ1) is 13.5. The number of ether oxygens (including phenoxy) is 1. The molecule has 2 N–H and O–H groups in total. The number of piperidine rings is 1. The minimum Gasteiger partial charge on any atom is -0.472 e. The van der Waals surface area contributed by atoms with E-state index in [9.17, 15) is 4.79 Å². The number of benzene rings is 1. The third-order valence-electron chi connectivity index (χ3n) is 4.67. The number of rotatable bonds is 6. The second kappa shape index (κ2) is 9.39. The lowest BCUT2D eigenvalue weighted by Crippen LogP contribution is -2.42. The van der Waals surface area contributed by atoms with Crippen molar-refractivity contribution in [3.63, 3.8) is 0 Å². The molecule has 28 heavy (non-hydrogen) atoms. The van der Waals surface area contributed by atoms with Crippen LogP contribution in [-0.4, -0.2) is 41.7 Å². The van der Waals surface area contributed by atoms with Gasteiger partial charge in [-0.3, -0.25) is 0 Å². The van der Waals surface area contributed by atoms with Crippen molar-refractivity contribution in [1.82, 2.24) is 15.3 Å². The van der Waals surface area contributed by atoms with E-state index in [0.717, 1.165) is 43.0 Å². The highest BCUT2D eigenvalue weighted by Crippen LogP contribution is 2.28. The Morgan fingerprint density at radius 2 is 2.00 bits per heavy atom. The van der Waals surface area contributed by atoms with E-state index in [1.165, 1.54) is 0 Å². The van der Waals surface area contributed by atoms with Gasteiger partial charge in [0.2, 0.25) is 0 Å². The molecule has 1 unspecified atom stereocenters. The zero-order valence-electron chi connectivity index (χ0n) is 16.8. The Hall–Kier alpha value is -2.83. The number of hydrogen-bond acceptors (Lipinski definition) is 5. The fourth-order valence-corrected chi connectivity index (χ4v) is 3.31. The minimum absolute atomic E-state index is 0.0446. The highest BCUT2D eigenvalue weighted by Gasteiger charge is 2.24. The summed E-state index contributed by atoms with van der Waals surface area (Å²) in [6.07, 6.45) is 5.51. The van der Waals surface area contributed by atoms with E-state index < -0.39 is 0 Å². The standard InChI is InChI=1S/C21H29N5O2/c1-15(2)28-20-19(22-10-11-23-20)26-12-4-5-17(14-26)13-24-21(27)25-18-8-6-16(3)7-9-18/h6-11,15,17H,4-5,12-14H2,1-3H3,(H2,24,25,27). The molecule has 2 amide bonds. The highest BCUT2D eigenvalue weighted by molar-refractivity contribution is 5.89. The molecule has 0 spiro atoms. The molecular weight excluding hydrogens is 354 g/mol. The average molecular weight is 383 g/mol. The van der Waals surface area contributed by atoms with Crippen LogP contribution in [0.15, 0.2) is 36.7 Å². The Balaban J connectivity index is 1.54. The van der Waals surface area contributed by atoms with E-state index in [-0.39, 0.29) is 12.1 Å². The Labute approximate surface area is 166 Å². The van der Waals surface area contributed by atoms with Gasteiger partial charge in [0.1, 0.15) is 0 Å². The maximum absolute atomic E-state index is 12.2. The molecule has 1 aliphatic rings. The topological polar surface area (TPSA) is 79.4 Å². The second-order valence-corrected chi connectivity index (χ2v) is 7.51. The first kappa shape index (κ1) is 19.9. The molecule has 7 nitrogen and oxygen atoms in total. The molecule has 1 aromatic carbocycles. The van der Waals surface area contributed by atoms with Crippen molar-refractivity contribution < 1.29 is 9.53 Å². The molecule has 0 saturated carbocycles. The van der Waals surface area contributed by atoms with Crippen molar-refractivity contribution in [3.05, 3.63) is 42.2 Å². The zero-order valence-corrected chi connectivity index (χ0v) is 16.8. The van der Waals surface area contributed by atoms with Crippen LogP contribution in [-0.2, 0) is 0 Å². The number of urea groups is 1. The molecule has 1 fully saturated rings. The van der Waals surface area contributed by atoms with Gasteiger partial charge in [0, 0.05) is 37.7 Å². The van der Waals surface area contributed by atoms with Gasteiger partial charge >= 0.3 is 6.03 Å². The van der Waals surface area contributed by atoms with Gasteiger partial charge in [0.15, 0.2) is 5.82 Å². The number of carbonyl (C=O) groups excluding carboxylic acids is 1. The van der Waals surface area contributed by atoms with Gasteiger partial charge in [-0.05, 0) is 51.7 Å². The van der Waals surface area contributed by atoms with Gasteiger partial charge in [-0.1, -0.05) is 17.7 Å². The quantitative estimate of drug-likeness (QED) is 0.797. The summed E-state index contributed by atoms with van der Waals surface area (Å²) in [5.41, 5.74) is 1.96. The molecule has 0 aliphatic carbocycles. The fourth-order valence-electron chi connectivity index (χ4n) is 3.31. The van der Waals surface area contributed by atoms with Crippen molar-refractivity contribution in [2.45, 2.75) is 39.7 Å². The van der Waals surface area contributed by atoms with Crippen LogP contribution < -0.4 is 20.3 Å². The summed E-state index contributed by atoms with van der Waals surface area (Å²) < 4.78 is 5.81. The smallest absolute Gasteiger partial charge is 0.319 e. The molecule has 7 heteroatoms. The van der Waals surface area contributed by atoms with Gasteiger partial charge in [0.25, 0.3) is 5.88 Å². The van der Waals surface area contributed by atoms with Crippen molar-refractivity contribution in [1.29, 1.82) is 0 Å². The van der Waals surface area contributed by atoms with Crippen LogP contribution in [0.3, 0.4) is 0 Å². The van der Waals surface area contributed by atoms with Crippen molar-refractivity contribution in [2.24, 2.45) is 5.92 Å². The maximum atomic E-state index is 12.2. The van der Waals surface area contributed by atoms with Gasteiger partial charge in [-0.25, -0.2) is 14.8 Å². The lowest BCUT2D eigenvalue weighted by molar-refractivity contribution is 0.231. The molecule has 0 radical (unpaired) electrons. The molecule has 1 aliphatic heterocycles. The number of aromatic nitrogens is 2. The summed E-state index contributed by atoms with van der Waals surface area (Å²) in [5.74, 6) is 1.71. The third kappa shape index (κ3) is 5.58.